The second-order valence-electron chi connectivity index (χ2n) is 7.71. The Balaban J connectivity index is 1.36. The SMILES string of the molecule is Cc1ccc(C2CC(C)N(C(=O)NCc3ccc4c(c3)CNC4)C2)cc1. The van der Waals surface area contributed by atoms with Gasteiger partial charge in [-0.05, 0) is 42.5 Å². The number of nitrogens with zero attached hydrogens (tertiary/aromatic N) is 1. The van der Waals surface area contributed by atoms with Crippen molar-refractivity contribution in [3.8, 4) is 0 Å². The fourth-order valence-electron chi connectivity index (χ4n) is 4.13. The van der Waals surface area contributed by atoms with Crippen LogP contribution in [0.15, 0.2) is 42.5 Å². The van der Waals surface area contributed by atoms with E-state index in [1.165, 1.54) is 27.8 Å². The summed E-state index contributed by atoms with van der Waals surface area (Å²) in [5.41, 5.74) is 6.51. The van der Waals surface area contributed by atoms with Crippen LogP contribution in [0.25, 0.3) is 0 Å². The van der Waals surface area contributed by atoms with E-state index >= 15 is 0 Å². The molecule has 2 aromatic carbocycles. The van der Waals surface area contributed by atoms with E-state index in [0.29, 0.717) is 12.5 Å². The summed E-state index contributed by atoms with van der Waals surface area (Å²) in [6.45, 7) is 7.52. The van der Waals surface area contributed by atoms with Gasteiger partial charge in [-0.3, -0.25) is 0 Å². The molecule has 2 unspecified atom stereocenters. The number of hydrogen-bond acceptors (Lipinski definition) is 2. The lowest BCUT2D eigenvalue weighted by Gasteiger charge is -2.22. The molecule has 0 aliphatic carbocycles. The number of fused-ring (bicyclic) bond motifs is 1. The van der Waals surface area contributed by atoms with E-state index in [0.717, 1.165) is 26.1 Å². The highest BCUT2D eigenvalue weighted by atomic mass is 16.2. The van der Waals surface area contributed by atoms with Gasteiger partial charge in [0.1, 0.15) is 0 Å². The summed E-state index contributed by atoms with van der Waals surface area (Å²) in [7, 11) is 0. The van der Waals surface area contributed by atoms with Crippen molar-refractivity contribution in [2.24, 2.45) is 0 Å². The van der Waals surface area contributed by atoms with Crippen molar-refractivity contribution in [1.82, 2.24) is 15.5 Å². The molecular weight excluding hydrogens is 322 g/mol. The highest BCUT2D eigenvalue weighted by Gasteiger charge is 2.33. The van der Waals surface area contributed by atoms with Crippen LogP contribution in [0.3, 0.4) is 0 Å². The average Bonchev–Trinajstić information content (AvgIpc) is 3.26. The molecule has 4 nitrogen and oxygen atoms in total. The van der Waals surface area contributed by atoms with Gasteiger partial charge in [0.2, 0.25) is 0 Å². The lowest BCUT2D eigenvalue weighted by molar-refractivity contribution is 0.195. The minimum atomic E-state index is 0.0470. The standard InChI is InChI=1S/C22H27N3O/c1-15-3-6-18(7-4-15)21-9-16(2)25(14-21)22(26)24-11-17-5-8-19-12-23-13-20(19)10-17/h3-8,10,16,21,23H,9,11-14H2,1-2H3,(H,24,26). The Hall–Kier alpha value is -2.33. The Morgan fingerprint density at radius 3 is 2.73 bits per heavy atom. The van der Waals surface area contributed by atoms with Crippen molar-refractivity contribution in [1.29, 1.82) is 0 Å². The fraction of sp³-hybridized carbons (Fsp3) is 0.409. The zero-order valence-electron chi connectivity index (χ0n) is 15.6. The van der Waals surface area contributed by atoms with Crippen LogP contribution in [0.2, 0.25) is 0 Å². The van der Waals surface area contributed by atoms with Crippen molar-refractivity contribution in [2.75, 3.05) is 6.54 Å². The maximum absolute atomic E-state index is 12.7. The van der Waals surface area contributed by atoms with Gasteiger partial charge < -0.3 is 15.5 Å². The molecule has 0 bridgehead atoms. The number of aryl methyl sites for hydroxylation is 1. The maximum Gasteiger partial charge on any atom is 0.317 e. The van der Waals surface area contributed by atoms with Crippen LogP contribution in [-0.2, 0) is 19.6 Å². The first-order valence-corrected chi connectivity index (χ1v) is 9.52. The van der Waals surface area contributed by atoms with Crippen molar-refractivity contribution in [2.45, 2.75) is 51.9 Å². The van der Waals surface area contributed by atoms with Gasteiger partial charge >= 0.3 is 6.03 Å². The molecule has 136 valence electrons. The third-order valence-corrected chi connectivity index (χ3v) is 5.73. The van der Waals surface area contributed by atoms with E-state index in [1.54, 1.807) is 0 Å². The molecule has 2 aromatic rings. The Morgan fingerprint density at radius 2 is 1.92 bits per heavy atom. The molecule has 4 heteroatoms. The normalized spacial score (nSPS) is 21.7. The number of rotatable bonds is 3. The molecule has 2 N–H and O–H groups in total. The summed E-state index contributed by atoms with van der Waals surface area (Å²) in [5, 5.41) is 6.47. The van der Waals surface area contributed by atoms with Crippen molar-refractivity contribution >= 4 is 6.03 Å². The third kappa shape index (κ3) is 3.47. The summed E-state index contributed by atoms with van der Waals surface area (Å²) in [4.78, 5) is 14.7. The Kier molecular flexibility index (Phi) is 4.68. The molecule has 2 aliphatic rings. The smallest absolute Gasteiger partial charge is 0.317 e. The van der Waals surface area contributed by atoms with Gasteiger partial charge in [0, 0.05) is 38.1 Å². The summed E-state index contributed by atoms with van der Waals surface area (Å²) >= 11 is 0. The average molecular weight is 349 g/mol. The molecule has 0 radical (unpaired) electrons. The lowest BCUT2D eigenvalue weighted by Crippen LogP contribution is -2.41. The van der Waals surface area contributed by atoms with E-state index in [1.807, 2.05) is 4.90 Å². The Labute approximate surface area is 155 Å². The second kappa shape index (κ2) is 7.12. The highest BCUT2D eigenvalue weighted by molar-refractivity contribution is 5.75. The molecule has 2 amide bonds. The van der Waals surface area contributed by atoms with Crippen molar-refractivity contribution in [3.05, 3.63) is 70.3 Å². The fourth-order valence-corrected chi connectivity index (χ4v) is 4.13. The number of urea groups is 1. The number of carbonyl (C=O) groups is 1. The number of likely N-dealkylation sites (tertiary alicyclic amines) is 1. The quantitative estimate of drug-likeness (QED) is 0.888. The molecule has 2 atom stereocenters. The molecule has 1 fully saturated rings. The van der Waals surface area contributed by atoms with Gasteiger partial charge in [-0.1, -0.05) is 48.0 Å². The largest absolute Gasteiger partial charge is 0.334 e. The first kappa shape index (κ1) is 17.1. The van der Waals surface area contributed by atoms with Gasteiger partial charge in [0.15, 0.2) is 0 Å². The molecule has 0 spiro atoms. The molecule has 1 saturated heterocycles. The second-order valence-corrected chi connectivity index (χ2v) is 7.71. The number of nitrogens with one attached hydrogen (secondary N) is 2. The molecule has 2 aliphatic heterocycles. The molecule has 26 heavy (non-hydrogen) atoms. The molecule has 2 heterocycles. The van der Waals surface area contributed by atoms with Crippen molar-refractivity contribution < 1.29 is 4.79 Å². The monoisotopic (exact) mass is 349 g/mol. The summed E-state index contributed by atoms with van der Waals surface area (Å²) in [5.74, 6) is 0.433. The van der Waals surface area contributed by atoms with Crippen LogP contribution in [0.1, 0.15) is 47.1 Å². The minimum Gasteiger partial charge on any atom is -0.334 e. The zero-order chi connectivity index (χ0) is 18.1. The van der Waals surface area contributed by atoms with Crippen LogP contribution >= 0.6 is 0 Å². The summed E-state index contributed by atoms with van der Waals surface area (Å²) in [6.07, 6.45) is 1.03. The van der Waals surface area contributed by atoms with Gasteiger partial charge in [-0.15, -0.1) is 0 Å². The lowest BCUT2D eigenvalue weighted by atomic mass is 9.96. The van der Waals surface area contributed by atoms with E-state index in [2.05, 4.69) is 66.9 Å². The molecular formula is C22H27N3O. The first-order chi connectivity index (χ1) is 12.6. The molecule has 4 rings (SSSR count). The van der Waals surface area contributed by atoms with Crippen LogP contribution in [-0.4, -0.2) is 23.5 Å². The van der Waals surface area contributed by atoms with Crippen LogP contribution in [0, 0.1) is 6.92 Å². The topological polar surface area (TPSA) is 44.4 Å². The first-order valence-electron chi connectivity index (χ1n) is 9.52. The van der Waals surface area contributed by atoms with Gasteiger partial charge in [-0.2, -0.15) is 0 Å². The Bertz CT molecular complexity index is 800. The van der Waals surface area contributed by atoms with E-state index in [4.69, 9.17) is 0 Å². The van der Waals surface area contributed by atoms with Gasteiger partial charge in [-0.25, -0.2) is 4.79 Å². The zero-order valence-corrected chi connectivity index (χ0v) is 15.6. The molecule has 0 aromatic heterocycles. The van der Waals surface area contributed by atoms with E-state index in [-0.39, 0.29) is 12.1 Å². The number of hydrogen-bond donors (Lipinski definition) is 2. The van der Waals surface area contributed by atoms with Gasteiger partial charge in [0.05, 0.1) is 0 Å². The van der Waals surface area contributed by atoms with Crippen LogP contribution in [0.4, 0.5) is 4.79 Å². The maximum atomic E-state index is 12.7. The summed E-state index contributed by atoms with van der Waals surface area (Å²) < 4.78 is 0. The molecule has 0 saturated carbocycles. The number of amides is 2. The third-order valence-electron chi connectivity index (χ3n) is 5.73. The predicted octanol–water partition coefficient (Wildman–Crippen LogP) is 3.69. The Morgan fingerprint density at radius 1 is 1.15 bits per heavy atom. The van der Waals surface area contributed by atoms with E-state index in [9.17, 15) is 4.79 Å². The highest BCUT2D eigenvalue weighted by Crippen LogP contribution is 2.31. The predicted molar refractivity (Wildman–Crippen MR) is 104 cm³/mol. The number of benzene rings is 2. The minimum absolute atomic E-state index is 0.0470. The van der Waals surface area contributed by atoms with E-state index < -0.39 is 0 Å². The van der Waals surface area contributed by atoms with Crippen LogP contribution in [0.5, 0.6) is 0 Å². The van der Waals surface area contributed by atoms with Crippen LogP contribution < -0.4 is 10.6 Å². The number of carbonyl (C=O) groups excluding carboxylic acids is 1. The van der Waals surface area contributed by atoms with Crippen molar-refractivity contribution in [3.63, 3.8) is 0 Å². The summed E-state index contributed by atoms with van der Waals surface area (Å²) in [6, 6.07) is 15.5. The van der Waals surface area contributed by atoms with Gasteiger partial charge in [0.25, 0.3) is 0 Å².